The number of anilines is 1. The van der Waals surface area contributed by atoms with Crippen molar-refractivity contribution in [2.75, 3.05) is 17.1 Å². The number of sulfonamides is 1. The number of hydrogen-bond donors (Lipinski definition) is 1. The largest absolute Gasteiger partial charge is 0.318 e. The number of amides is 1. The van der Waals surface area contributed by atoms with Gasteiger partial charge in [-0.1, -0.05) is 23.7 Å². The Kier molecular flexibility index (Phi) is 7.00. The van der Waals surface area contributed by atoms with E-state index in [-0.39, 0.29) is 16.5 Å². The van der Waals surface area contributed by atoms with Crippen molar-refractivity contribution in [2.45, 2.75) is 13.8 Å². The van der Waals surface area contributed by atoms with Gasteiger partial charge in [-0.3, -0.25) is 9.10 Å². The second kappa shape index (κ2) is 9.54. The SMILES string of the molecule is Cc1cc(/C=N\NC(=O)CN(c2ccccc2Cl)S(C)(=O)=O)c(C)n1-c1ccc(F)cc1. The molecule has 0 saturated heterocycles. The zero-order chi connectivity index (χ0) is 23.5. The van der Waals surface area contributed by atoms with Crippen molar-refractivity contribution in [3.05, 3.63) is 82.4 Å². The lowest BCUT2D eigenvalue weighted by Crippen LogP contribution is -2.39. The highest BCUT2D eigenvalue weighted by Crippen LogP contribution is 2.27. The van der Waals surface area contributed by atoms with Gasteiger partial charge < -0.3 is 4.57 Å². The van der Waals surface area contributed by atoms with E-state index in [0.29, 0.717) is 0 Å². The Morgan fingerprint density at radius 3 is 2.47 bits per heavy atom. The molecule has 7 nitrogen and oxygen atoms in total. The summed E-state index contributed by atoms with van der Waals surface area (Å²) < 4.78 is 40.4. The number of para-hydroxylation sites is 1. The lowest BCUT2D eigenvalue weighted by Gasteiger charge is -2.22. The summed E-state index contributed by atoms with van der Waals surface area (Å²) in [5, 5.41) is 4.17. The van der Waals surface area contributed by atoms with E-state index >= 15 is 0 Å². The van der Waals surface area contributed by atoms with E-state index in [4.69, 9.17) is 11.6 Å². The Hall–Kier alpha value is -3.17. The third-order valence-corrected chi connectivity index (χ3v) is 6.20. The second-order valence-electron chi connectivity index (χ2n) is 7.15. The predicted molar refractivity (Wildman–Crippen MR) is 125 cm³/mol. The van der Waals surface area contributed by atoms with Crippen molar-refractivity contribution in [1.29, 1.82) is 0 Å². The monoisotopic (exact) mass is 476 g/mol. The van der Waals surface area contributed by atoms with E-state index in [1.165, 1.54) is 24.4 Å². The molecule has 3 rings (SSSR count). The standard InChI is InChI=1S/C22H22ClFN4O3S/c1-15-12-17(16(2)28(15)19-10-8-18(24)9-11-19)13-25-26-22(29)14-27(32(3,30)31)21-7-5-4-6-20(21)23/h4-13H,14H2,1-3H3,(H,26,29)/b25-13-. The Bertz CT molecular complexity index is 1270. The zero-order valence-corrected chi connectivity index (χ0v) is 19.3. The molecule has 0 radical (unpaired) electrons. The lowest BCUT2D eigenvalue weighted by atomic mass is 10.2. The van der Waals surface area contributed by atoms with Crippen molar-refractivity contribution in [3.63, 3.8) is 0 Å². The molecule has 0 aliphatic heterocycles. The van der Waals surface area contributed by atoms with Crippen molar-refractivity contribution >= 4 is 39.4 Å². The van der Waals surface area contributed by atoms with Crippen molar-refractivity contribution in [2.24, 2.45) is 5.10 Å². The molecule has 0 unspecified atom stereocenters. The molecule has 0 spiro atoms. The first-order chi connectivity index (χ1) is 15.1. The van der Waals surface area contributed by atoms with Crippen LogP contribution in [0.1, 0.15) is 17.0 Å². The van der Waals surface area contributed by atoms with E-state index in [1.807, 2.05) is 24.5 Å². The maximum absolute atomic E-state index is 13.2. The fourth-order valence-electron chi connectivity index (χ4n) is 3.28. The normalized spacial score (nSPS) is 11.7. The summed E-state index contributed by atoms with van der Waals surface area (Å²) >= 11 is 6.10. The Morgan fingerprint density at radius 2 is 1.84 bits per heavy atom. The van der Waals surface area contributed by atoms with Crippen LogP contribution in [0.2, 0.25) is 5.02 Å². The lowest BCUT2D eigenvalue weighted by molar-refractivity contribution is -0.119. The molecule has 32 heavy (non-hydrogen) atoms. The number of hydrogen-bond acceptors (Lipinski definition) is 4. The minimum absolute atomic E-state index is 0.207. The molecule has 10 heteroatoms. The summed E-state index contributed by atoms with van der Waals surface area (Å²) in [6.07, 6.45) is 2.47. The van der Waals surface area contributed by atoms with Crippen LogP contribution in [0.25, 0.3) is 5.69 Å². The molecule has 1 aromatic heterocycles. The number of aryl methyl sites for hydroxylation is 1. The topological polar surface area (TPSA) is 83.8 Å². The molecule has 2 aromatic carbocycles. The van der Waals surface area contributed by atoms with Crippen LogP contribution in [0.3, 0.4) is 0 Å². The molecule has 0 fully saturated rings. The van der Waals surface area contributed by atoms with Gasteiger partial charge >= 0.3 is 0 Å². The van der Waals surface area contributed by atoms with Crippen LogP contribution >= 0.6 is 11.6 Å². The Morgan fingerprint density at radius 1 is 1.19 bits per heavy atom. The van der Waals surface area contributed by atoms with Crippen LogP contribution < -0.4 is 9.73 Å². The third kappa shape index (κ3) is 5.35. The first-order valence-corrected chi connectivity index (χ1v) is 11.8. The first kappa shape index (κ1) is 23.5. The molecule has 1 heterocycles. The summed E-state index contributed by atoms with van der Waals surface area (Å²) in [6, 6.07) is 14.3. The highest BCUT2D eigenvalue weighted by Gasteiger charge is 2.22. The third-order valence-electron chi connectivity index (χ3n) is 4.76. The molecular weight excluding hydrogens is 455 g/mol. The predicted octanol–water partition coefficient (Wildman–Crippen LogP) is 3.80. The van der Waals surface area contributed by atoms with Gasteiger partial charge in [-0.25, -0.2) is 18.2 Å². The van der Waals surface area contributed by atoms with E-state index in [1.54, 1.807) is 30.3 Å². The van der Waals surface area contributed by atoms with Crippen molar-refractivity contribution < 1.29 is 17.6 Å². The van der Waals surface area contributed by atoms with Crippen LogP contribution in [0.15, 0.2) is 59.7 Å². The van der Waals surface area contributed by atoms with Crippen LogP contribution in [0.4, 0.5) is 10.1 Å². The number of carbonyl (C=O) groups excluding carboxylic acids is 1. The van der Waals surface area contributed by atoms with Crippen LogP contribution in [-0.2, 0) is 14.8 Å². The molecule has 1 amide bonds. The molecule has 0 saturated carbocycles. The molecular formula is C22H22ClFN4O3S. The number of carbonyl (C=O) groups is 1. The number of aromatic nitrogens is 1. The second-order valence-corrected chi connectivity index (χ2v) is 9.47. The molecule has 0 bridgehead atoms. The van der Waals surface area contributed by atoms with Gasteiger partial charge in [0.1, 0.15) is 12.4 Å². The van der Waals surface area contributed by atoms with E-state index < -0.39 is 22.5 Å². The summed E-state index contributed by atoms with van der Waals surface area (Å²) in [5.41, 5.74) is 5.86. The molecule has 3 aromatic rings. The van der Waals surface area contributed by atoms with E-state index in [9.17, 15) is 17.6 Å². The quantitative estimate of drug-likeness (QED) is 0.416. The van der Waals surface area contributed by atoms with Crippen LogP contribution in [0, 0.1) is 19.7 Å². The van der Waals surface area contributed by atoms with Gasteiger partial charge in [-0.2, -0.15) is 5.10 Å². The Balaban J connectivity index is 1.74. The van der Waals surface area contributed by atoms with Gasteiger partial charge in [0.15, 0.2) is 0 Å². The number of benzene rings is 2. The van der Waals surface area contributed by atoms with E-state index in [0.717, 1.165) is 33.2 Å². The summed E-state index contributed by atoms with van der Waals surface area (Å²) in [7, 11) is -3.75. The maximum atomic E-state index is 13.2. The fraction of sp³-hybridized carbons (Fsp3) is 0.182. The number of nitrogens with one attached hydrogen (secondary N) is 1. The highest BCUT2D eigenvalue weighted by molar-refractivity contribution is 7.92. The average molecular weight is 477 g/mol. The van der Waals surface area contributed by atoms with Gasteiger partial charge in [-0.15, -0.1) is 0 Å². The highest BCUT2D eigenvalue weighted by atomic mass is 35.5. The smallest absolute Gasteiger partial charge is 0.260 e. The molecule has 1 N–H and O–H groups in total. The summed E-state index contributed by atoms with van der Waals surface area (Å²) in [6.45, 7) is 3.30. The summed E-state index contributed by atoms with van der Waals surface area (Å²) in [4.78, 5) is 12.4. The zero-order valence-electron chi connectivity index (χ0n) is 17.7. The van der Waals surface area contributed by atoms with Crippen LogP contribution in [0.5, 0.6) is 0 Å². The average Bonchev–Trinajstić information content (AvgIpc) is 3.00. The number of nitrogens with zero attached hydrogens (tertiary/aromatic N) is 3. The van der Waals surface area contributed by atoms with Crippen molar-refractivity contribution in [3.8, 4) is 5.69 Å². The number of hydrazone groups is 1. The minimum atomic E-state index is -3.75. The number of rotatable bonds is 7. The number of halogens is 2. The van der Waals surface area contributed by atoms with Gasteiger partial charge in [0, 0.05) is 22.6 Å². The molecule has 168 valence electrons. The molecule has 0 aliphatic carbocycles. The van der Waals surface area contributed by atoms with E-state index in [2.05, 4.69) is 10.5 Å². The molecule has 0 aliphatic rings. The van der Waals surface area contributed by atoms with Gasteiger partial charge in [0.25, 0.3) is 5.91 Å². The van der Waals surface area contributed by atoms with Crippen LogP contribution in [-0.4, -0.2) is 37.9 Å². The minimum Gasteiger partial charge on any atom is -0.318 e. The summed E-state index contributed by atoms with van der Waals surface area (Å²) in [5.74, 6) is -0.945. The molecule has 0 atom stereocenters. The van der Waals surface area contributed by atoms with Gasteiger partial charge in [0.2, 0.25) is 10.0 Å². The maximum Gasteiger partial charge on any atom is 0.260 e. The fourth-order valence-corrected chi connectivity index (χ4v) is 4.44. The first-order valence-electron chi connectivity index (χ1n) is 9.57. The van der Waals surface area contributed by atoms with Gasteiger partial charge in [-0.05, 0) is 56.3 Å². The Labute approximate surface area is 191 Å². The van der Waals surface area contributed by atoms with Gasteiger partial charge in [0.05, 0.1) is 23.2 Å². The van der Waals surface area contributed by atoms with Crippen molar-refractivity contribution in [1.82, 2.24) is 9.99 Å².